The third-order valence-electron chi connectivity index (χ3n) is 2.50. The van der Waals surface area contributed by atoms with Gasteiger partial charge in [0.2, 0.25) is 0 Å². The van der Waals surface area contributed by atoms with E-state index in [1.807, 2.05) is 0 Å². The van der Waals surface area contributed by atoms with Gasteiger partial charge in [-0.25, -0.2) is 0 Å². The largest absolute Gasteiger partial charge is 0.378 e. The van der Waals surface area contributed by atoms with Gasteiger partial charge in [-0.05, 0) is 23.1 Å². The Bertz CT molecular complexity index is 288. The third kappa shape index (κ3) is 2.50. The molecule has 0 aromatic heterocycles. The topological polar surface area (TPSA) is 3.24 Å². The molecule has 0 unspecified atom stereocenters. The second-order valence-corrected chi connectivity index (χ2v) is 5.02. The summed E-state index contributed by atoms with van der Waals surface area (Å²) < 4.78 is 0. The number of benzene rings is 1. The fourth-order valence-corrected chi connectivity index (χ4v) is 1.61. The van der Waals surface area contributed by atoms with Gasteiger partial charge in [-0.15, -0.1) is 0 Å². The quantitative estimate of drug-likeness (QED) is 0.749. The van der Waals surface area contributed by atoms with Crippen LogP contribution in [-0.4, -0.2) is 19.4 Å². The van der Waals surface area contributed by atoms with Crippen molar-refractivity contribution in [2.45, 2.75) is 19.3 Å². The van der Waals surface area contributed by atoms with Crippen LogP contribution < -0.4 is 4.90 Å². The molecule has 0 amide bonds. The van der Waals surface area contributed by atoms with E-state index in [4.69, 9.17) is 0 Å². The maximum Gasteiger partial charge on any atom is 0.0361 e. The Labute approximate surface area is 95.2 Å². The number of rotatable bonds is 3. The minimum Gasteiger partial charge on any atom is -0.378 e. The lowest BCUT2D eigenvalue weighted by atomic mass is 9.87. The van der Waals surface area contributed by atoms with Crippen LogP contribution >= 0.6 is 15.9 Å². The molecule has 1 aromatic carbocycles. The van der Waals surface area contributed by atoms with Crippen molar-refractivity contribution >= 4 is 21.6 Å². The van der Waals surface area contributed by atoms with Crippen molar-refractivity contribution in [3.8, 4) is 0 Å². The Kier molecular flexibility index (Phi) is 3.59. The lowest BCUT2D eigenvalue weighted by molar-refractivity contribution is 0.606. The lowest BCUT2D eigenvalue weighted by Crippen LogP contribution is -2.19. The Morgan fingerprint density at radius 1 is 1.14 bits per heavy atom. The summed E-state index contributed by atoms with van der Waals surface area (Å²) in [5, 5.41) is 0.987. The molecule has 0 aliphatic carbocycles. The second kappa shape index (κ2) is 4.35. The summed E-state index contributed by atoms with van der Waals surface area (Å²) in [4.78, 5) is 2.12. The summed E-state index contributed by atoms with van der Waals surface area (Å²) in [5.74, 6) is 0. The minimum atomic E-state index is 0.213. The van der Waals surface area contributed by atoms with Crippen molar-refractivity contribution in [1.29, 1.82) is 0 Å². The van der Waals surface area contributed by atoms with Crippen LogP contribution in [0.25, 0.3) is 0 Å². The van der Waals surface area contributed by atoms with Gasteiger partial charge in [-0.2, -0.15) is 0 Å². The van der Waals surface area contributed by atoms with Gasteiger partial charge >= 0.3 is 0 Å². The van der Waals surface area contributed by atoms with Crippen LogP contribution in [0.4, 0.5) is 5.69 Å². The van der Waals surface area contributed by atoms with Gasteiger partial charge in [0.15, 0.2) is 0 Å². The number of anilines is 1. The van der Waals surface area contributed by atoms with Gasteiger partial charge in [-0.1, -0.05) is 41.9 Å². The maximum atomic E-state index is 3.54. The molecular weight excluding hydrogens is 238 g/mol. The zero-order valence-electron chi connectivity index (χ0n) is 9.34. The van der Waals surface area contributed by atoms with E-state index >= 15 is 0 Å². The number of alkyl halides is 1. The smallest absolute Gasteiger partial charge is 0.0361 e. The Hall–Kier alpha value is -0.500. The number of halogens is 1. The molecule has 2 heteroatoms. The van der Waals surface area contributed by atoms with E-state index in [1.54, 1.807) is 0 Å². The van der Waals surface area contributed by atoms with Crippen molar-refractivity contribution < 1.29 is 0 Å². The predicted octanol–water partition coefficient (Wildman–Crippen LogP) is 3.43. The average molecular weight is 256 g/mol. The minimum absolute atomic E-state index is 0.213. The van der Waals surface area contributed by atoms with Crippen molar-refractivity contribution in [1.82, 2.24) is 0 Å². The van der Waals surface area contributed by atoms with Gasteiger partial charge < -0.3 is 4.90 Å². The molecule has 0 heterocycles. The summed E-state index contributed by atoms with van der Waals surface area (Å²) in [6.45, 7) is 4.48. The molecule has 1 aromatic rings. The molecule has 0 atom stereocenters. The molecule has 0 aliphatic heterocycles. The van der Waals surface area contributed by atoms with E-state index in [0.717, 1.165) is 5.33 Å². The van der Waals surface area contributed by atoms with Crippen molar-refractivity contribution in [3.63, 3.8) is 0 Å². The van der Waals surface area contributed by atoms with E-state index in [-0.39, 0.29) is 5.41 Å². The molecule has 14 heavy (non-hydrogen) atoms. The first kappa shape index (κ1) is 11.6. The fourth-order valence-electron chi connectivity index (χ4n) is 1.29. The van der Waals surface area contributed by atoms with Crippen molar-refractivity contribution in [2.24, 2.45) is 0 Å². The normalized spacial score (nSPS) is 11.5. The van der Waals surface area contributed by atoms with E-state index in [9.17, 15) is 0 Å². The van der Waals surface area contributed by atoms with Crippen LogP contribution in [0.2, 0.25) is 0 Å². The van der Waals surface area contributed by atoms with Crippen LogP contribution in [0, 0.1) is 0 Å². The van der Waals surface area contributed by atoms with Crippen molar-refractivity contribution in [3.05, 3.63) is 29.8 Å². The lowest BCUT2D eigenvalue weighted by Gasteiger charge is -2.23. The van der Waals surface area contributed by atoms with Crippen LogP contribution in [-0.2, 0) is 5.41 Å². The standard InChI is InChI=1S/C12H18BrN/c1-12(2,9-13)10-5-7-11(8-6-10)14(3)4/h5-8H,9H2,1-4H3. The molecule has 0 N–H and O–H groups in total. The molecular formula is C12H18BrN. The van der Waals surface area contributed by atoms with E-state index < -0.39 is 0 Å². The third-order valence-corrected chi connectivity index (χ3v) is 3.90. The first-order chi connectivity index (χ1) is 6.47. The number of nitrogens with zero attached hydrogens (tertiary/aromatic N) is 1. The fraction of sp³-hybridized carbons (Fsp3) is 0.500. The average Bonchev–Trinajstić information content (AvgIpc) is 2.18. The van der Waals surface area contributed by atoms with Crippen LogP contribution in [0.1, 0.15) is 19.4 Å². The summed E-state index contributed by atoms with van der Waals surface area (Å²) in [5.41, 5.74) is 2.84. The Morgan fingerprint density at radius 3 is 2.00 bits per heavy atom. The summed E-state index contributed by atoms with van der Waals surface area (Å²) in [6, 6.07) is 8.74. The molecule has 0 saturated heterocycles. The van der Waals surface area contributed by atoms with Gasteiger partial charge in [0.25, 0.3) is 0 Å². The summed E-state index contributed by atoms with van der Waals surface area (Å²) >= 11 is 3.54. The van der Waals surface area contributed by atoms with Crippen LogP contribution in [0.5, 0.6) is 0 Å². The highest BCUT2D eigenvalue weighted by molar-refractivity contribution is 9.09. The SMILES string of the molecule is CN(C)c1ccc(C(C)(C)CBr)cc1. The highest BCUT2D eigenvalue weighted by Gasteiger charge is 2.18. The van der Waals surface area contributed by atoms with Crippen molar-refractivity contribution in [2.75, 3.05) is 24.3 Å². The molecule has 78 valence electrons. The molecule has 0 bridgehead atoms. The molecule has 0 spiro atoms. The first-order valence-corrected chi connectivity index (χ1v) is 5.93. The predicted molar refractivity (Wildman–Crippen MR) is 67.6 cm³/mol. The van der Waals surface area contributed by atoms with E-state index in [1.165, 1.54) is 11.3 Å². The highest BCUT2D eigenvalue weighted by atomic mass is 79.9. The van der Waals surface area contributed by atoms with E-state index in [2.05, 4.69) is 73.0 Å². The van der Waals surface area contributed by atoms with Gasteiger partial charge in [0, 0.05) is 25.1 Å². The summed E-state index contributed by atoms with van der Waals surface area (Å²) in [7, 11) is 4.12. The Balaban J connectivity index is 2.94. The highest BCUT2D eigenvalue weighted by Crippen LogP contribution is 2.26. The first-order valence-electron chi connectivity index (χ1n) is 4.81. The molecule has 1 nitrogen and oxygen atoms in total. The zero-order chi connectivity index (χ0) is 10.8. The number of hydrogen-bond donors (Lipinski definition) is 0. The van der Waals surface area contributed by atoms with Gasteiger partial charge in [0.05, 0.1) is 0 Å². The Morgan fingerprint density at radius 2 is 1.64 bits per heavy atom. The summed E-state index contributed by atoms with van der Waals surface area (Å²) in [6.07, 6.45) is 0. The van der Waals surface area contributed by atoms with Gasteiger partial charge in [0.1, 0.15) is 0 Å². The maximum absolute atomic E-state index is 3.54. The van der Waals surface area contributed by atoms with Gasteiger partial charge in [-0.3, -0.25) is 0 Å². The molecule has 0 fully saturated rings. The second-order valence-electron chi connectivity index (χ2n) is 4.46. The van der Waals surface area contributed by atoms with E-state index in [0.29, 0.717) is 0 Å². The molecule has 0 radical (unpaired) electrons. The monoisotopic (exact) mass is 255 g/mol. The molecule has 0 saturated carbocycles. The van der Waals surface area contributed by atoms with Crippen LogP contribution in [0.15, 0.2) is 24.3 Å². The number of hydrogen-bond acceptors (Lipinski definition) is 1. The zero-order valence-corrected chi connectivity index (χ0v) is 10.9. The molecule has 0 aliphatic rings. The molecule has 1 rings (SSSR count). The van der Waals surface area contributed by atoms with Crippen LogP contribution in [0.3, 0.4) is 0 Å².